The van der Waals surface area contributed by atoms with Crippen LogP contribution in [-0.2, 0) is 11.4 Å². The first-order valence-corrected chi connectivity index (χ1v) is 10.1. The number of aryl methyl sites for hydroxylation is 1. The summed E-state index contributed by atoms with van der Waals surface area (Å²) in [4.78, 5) is 33.4. The molecule has 1 fully saturated rings. The second-order valence-electron chi connectivity index (χ2n) is 7.31. The van der Waals surface area contributed by atoms with Crippen LogP contribution < -0.4 is 10.5 Å². The number of esters is 1. The van der Waals surface area contributed by atoms with Crippen LogP contribution in [0.15, 0.2) is 47.4 Å². The van der Waals surface area contributed by atoms with Gasteiger partial charge < -0.3 is 9.64 Å². The van der Waals surface area contributed by atoms with Crippen LogP contribution in [0.25, 0.3) is 10.8 Å². The van der Waals surface area contributed by atoms with Gasteiger partial charge in [-0.25, -0.2) is 14.5 Å². The normalized spacial score (nSPS) is 14.8. The topological polar surface area (TPSA) is 80.6 Å². The fourth-order valence-electron chi connectivity index (χ4n) is 3.72. The third kappa shape index (κ3) is 4.04. The molecule has 3 heterocycles. The number of carbonyl (C=O) groups is 1. The van der Waals surface area contributed by atoms with E-state index in [2.05, 4.69) is 19.9 Å². The van der Waals surface area contributed by atoms with Crippen LogP contribution in [0.3, 0.4) is 0 Å². The van der Waals surface area contributed by atoms with Gasteiger partial charge in [0.15, 0.2) is 0 Å². The van der Waals surface area contributed by atoms with Crippen LogP contribution in [-0.4, -0.2) is 58.4 Å². The molecule has 0 bridgehead atoms. The van der Waals surface area contributed by atoms with Crippen LogP contribution in [0.5, 0.6) is 0 Å². The van der Waals surface area contributed by atoms with Gasteiger partial charge in [-0.2, -0.15) is 5.10 Å². The Hall–Kier alpha value is -3.26. The van der Waals surface area contributed by atoms with Gasteiger partial charge in [-0.1, -0.05) is 18.2 Å². The van der Waals surface area contributed by atoms with E-state index in [4.69, 9.17) is 4.74 Å². The number of rotatable bonds is 5. The van der Waals surface area contributed by atoms with Crippen LogP contribution in [0.2, 0.25) is 0 Å². The lowest BCUT2D eigenvalue weighted by Gasteiger charge is -2.35. The molecule has 0 radical (unpaired) electrons. The van der Waals surface area contributed by atoms with Crippen molar-refractivity contribution in [1.82, 2.24) is 19.7 Å². The lowest BCUT2D eigenvalue weighted by atomic mass is 10.1. The molecular formula is C22H25N5O3. The number of hydrogen-bond acceptors (Lipinski definition) is 7. The van der Waals surface area contributed by atoms with Crippen molar-refractivity contribution < 1.29 is 9.53 Å². The van der Waals surface area contributed by atoms with Crippen molar-refractivity contribution in [1.29, 1.82) is 0 Å². The van der Waals surface area contributed by atoms with Crippen LogP contribution >= 0.6 is 0 Å². The van der Waals surface area contributed by atoms with E-state index in [0.717, 1.165) is 43.1 Å². The third-order valence-corrected chi connectivity index (χ3v) is 5.34. The largest absolute Gasteiger partial charge is 0.462 e. The molecule has 2 aromatic heterocycles. The van der Waals surface area contributed by atoms with E-state index in [-0.39, 0.29) is 11.5 Å². The van der Waals surface area contributed by atoms with Crippen LogP contribution in [0.1, 0.15) is 23.0 Å². The van der Waals surface area contributed by atoms with Crippen molar-refractivity contribution in [2.24, 2.45) is 0 Å². The molecular weight excluding hydrogens is 382 g/mol. The highest BCUT2D eigenvalue weighted by atomic mass is 16.5. The fourth-order valence-corrected chi connectivity index (χ4v) is 3.72. The molecule has 1 aliphatic heterocycles. The SMILES string of the molecule is CCOC(=O)c1ccc(N2CCN(Cn3nc(C)c4ccccc4c3=O)CC2)nc1. The van der Waals surface area contributed by atoms with Crippen molar-refractivity contribution in [3.05, 3.63) is 64.2 Å². The van der Waals surface area contributed by atoms with Crippen molar-refractivity contribution in [3.8, 4) is 0 Å². The maximum Gasteiger partial charge on any atom is 0.339 e. The minimum Gasteiger partial charge on any atom is -0.462 e. The second kappa shape index (κ2) is 8.62. The molecule has 8 heteroatoms. The van der Waals surface area contributed by atoms with Crippen LogP contribution in [0.4, 0.5) is 5.82 Å². The summed E-state index contributed by atoms with van der Waals surface area (Å²) in [6.07, 6.45) is 1.56. The number of anilines is 1. The number of carbonyl (C=O) groups excluding carboxylic acids is 1. The number of aromatic nitrogens is 3. The first-order valence-electron chi connectivity index (χ1n) is 10.1. The summed E-state index contributed by atoms with van der Waals surface area (Å²) >= 11 is 0. The maximum absolute atomic E-state index is 12.8. The molecule has 1 aliphatic rings. The molecule has 1 aromatic carbocycles. The summed E-state index contributed by atoms with van der Waals surface area (Å²) in [5.74, 6) is 0.476. The summed E-state index contributed by atoms with van der Waals surface area (Å²) in [7, 11) is 0. The molecule has 0 aliphatic carbocycles. The molecule has 156 valence electrons. The Kier molecular flexibility index (Phi) is 5.76. The number of nitrogens with zero attached hydrogens (tertiary/aromatic N) is 5. The standard InChI is InChI=1S/C22H25N5O3/c1-3-30-22(29)17-8-9-20(23-14-17)26-12-10-25(11-13-26)15-27-21(28)19-7-5-4-6-18(19)16(2)24-27/h4-9,14H,3,10-13,15H2,1-2H3. The van der Waals surface area contributed by atoms with Crippen molar-refractivity contribution in [3.63, 3.8) is 0 Å². The highest BCUT2D eigenvalue weighted by molar-refractivity contribution is 5.89. The summed E-state index contributed by atoms with van der Waals surface area (Å²) in [5, 5.41) is 6.11. The highest BCUT2D eigenvalue weighted by Gasteiger charge is 2.20. The summed E-state index contributed by atoms with van der Waals surface area (Å²) < 4.78 is 6.55. The van der Waals surface area contributed by atoms with Crippen molar-refractivity contribution >= 4 is 22.6 Å². The van der Waals surface area contributed by atoms with Gasteiger partial charge in [-0.3, -0.25) is 9.69 Å². The smallest absolute Gasteiger partial charge is 0.339 e. The van der Waals surface area contributed by atoms with Gasteiger partial charge in [-0.15, -0.1) is 0 Å². The molecule has 0 amide bonds. The molecule has 3 aromatic rings. The summed E-state index contributed by atoms with van der Waals surface area (Å²) in [6.45, 7) is 7.68. The van der Waals surface area contributed by atoms with E-state index in [1.807, 2.05) is 37.3 Å². The molecule has 30 heavy (non-hydrogen) atoms. The van der Waals surface area contributed by atoms with E-state index >= 15 is 0 Å². The number of pyridine rings is 1. The number of fused-ring (bicyclic) bond motifs is 1. The lowest BCUT2D eigenvalue weighted by molar-refractivity contribution is 0.0526. The molecule has 1 saturated heterocycles. The average Bonchev–Trinajstić information content (AvgIpc) is 2.78. The van der Waals surface area contributed by atoms with Gasteiger partial charge in [0, 0.05) is 37.8 Å². The molecule has 0 spiro atoms. The average molecular weight is 407 g/mol. The van der Waals surface area contributed by atoms with Gasteiger partial charge in [0.2, 0.25) is 0 Å². The van der Waals surface area contributed by atoms with Crippen LogP contribution in [0, 0.1) is 6.92 Å². The minimum atomic E-state index is -0.356. The van der Waals surface area contributed by atoms with E-state index in [0.29, 0.717) is 24.2 Å². The predicted octanol–water partition coefficient (Wildman–Crippen LogP) is 2.06. The first-order chi connectivity index (χ1) is 14.6. The summed E-state index contributed by atoms with van der Waals surface area (Å²) in [6, 6.07) is 11.2. The van der Waals surface area contributed by atoms with E-state index in [9.17, 15) is 9.59 Å². The zero-order valence-corrected chi connectivity index (χ0v) is 17.2. The molecule has 0 unspecified atom stereocenters. The molecule has 4 rings (SSSR count). The van der Waals surface area contributed by atoms with Crippen molar-refractivity contribution in [2.75, 3.05) is 37.7 Å². The molecule has 8 nitrogen and oxygen atoms in total. The minimum absolute atomic E-state index is 0.0603. The quantitative estimate of drug-likeness (QED) is 0.599. The van der Waals surface area contributed by atoms with Gasteiger partial charge in [0.05, 0.1) is 29.9 Å². The number of piperazine rings is 1. The zero-order chi connectivity index (χ0) is 21.1. The molecule has 0 atom stereocenters. The predicted molar refractivity (Wildman–Crippen MR) is 115 cm³/mol. The number of benzene rings is 1. The van der Waals surface area contributed by atoms with E-state index in [1.54, 1.807) is 23.9 Å². The lowest BCUT2D eigenvalue weighted by Crippen LogP contribution is -2.48. The third-order valence-electron chi connectivity index (χ3n) is 5.34. The number of ether oxygens (including phenoxy) is 1. The molecule has 0 N–H and O–H groups in total. The highest BCUT2D eigenvalue weighted by Crippen LogP contribution is 2.16. The van der Waals surface area contributed by atoms with Gasteiger partial charge in [-0.05, 0) is 32.0 Å². The Morgan fingerprint density at radius 2 is 1.80 bits per heavy atom. The monoisotopic (exact) mass is 407 g/mol. The van der Waals surface area contributed by atoms with E-state index < -0.39 is 0 Å². The number of hydrogen-bond donors (Lipinski definition) is 0. The fraction of sp³-hybridized carbons (Fsp3) is 0.364. The second-order valence-corrected chi connectivity index (χ2v) is 7.31. The molecule has 0 saturated carbocycles. The first kappa shape index (κ1) is 20.0. The Morgan fingerprint density at radius 1 is 1.07 bits per heavy atom. The maximum atomic E-state index is 12.8. The van der Waals surface area contributed by atoms with E-state index in [1.165, 1.54) is 0 Å². The van der Waals surface area contributed by atoms with Gasteiger partial charge >= 0.3 is 5.97 Å². The Bertz CT molecular complexity index is 1100. The van der Waals surface area contributed by atoms with Gasteiger partial charge in [0.25, 0.3) is 5.56 Å². The van der Waals surface area contributed by atoms with Gasteiger partial charge in [0.1, 0.15) is 5.82 Å². The van der Waals surface area contributed by atoms with Crippen molar-refractivity contribution in [2.45, 2.75) is 20.5 Å². The Labute approximate surface area is 174 Å². The zero-order valence-electron chi connectivity index (χ0n) is 17.2. The Balaban J connectivity index is 1.41. The Morgan fingerprint density at radius 3 is 2.47 bits per heavy atom. The summed E-state index contributed by atoms with van der Waals surface area (Å²) in [5.41, 5.74) is 1.25.